The van der Waals surface area contributed by atoms with Crippen LogP contribution in [0.3, 0.4) is 0 Å². The smallest absolute Gasteiger partial charge is 0.240 e. The lowest BCUT2D eigenvalue weighted by atomic mass is 9.94. The van der Waals surface area contributed by atoms with E-state index in [4.69, 9.17) is 5.73 Å². The summed E-state index contributed by atoms with van der Waals surface area (Å²) in [5.41, 5.74) is 6.08. The number of nitrogens with zero attached hydrogens (tertiary/aromatic N) is 1. The highest BCUT2D eigenvalue weighted by Gasteiger charge is 2.18. The van der Waals surface area contributed by atoms with E-state index in [0.717, 1.165) is 32.4 Å². The topological polar surface area (TPSA) is 75.4 Å². The number of benzene rings is 1. The Labute approximate surface area is 121 Å². The van der Waals surface area contributed by atoms with Gasteiger partial charge in [-0.1, -0.05) is 6.07 Å². The van der Waals surface area contributed by atoms with E-state index in [1.54, 1.807) is 18.2 Å². The van der Waals surface area contributed by atoms with Crippen molar-refractivity contribution in [3.8, 4) is 0 Å². The van der Waals surface area contributed by atoms with Crippen LogP contribution in [0.2, 0.25) is 0 Å². The summed E-state index contributed by atoms with van der Waals surface area (Å²) in [6.07, 6.45) is 3.20. The molecule has 112 valence electrons. The molecule has 0 amide bonds. The van der Waals surface area contributed by atoms with Crippen LogP contribution in [-0.4, -0.2) is 40.0 Å². The van der Waals surface area contributed by atoms with Crippen LogP contribution < -0.4 is 10.5 Å². The van der Waals surface area contributed by atoms with E-state index >= 15 is 0 Å². The Morgan fingerprint density at radius 1 is 1.35 bits per heavy atom. The van der Waals surface area contributed by atoms with E-state index in [1.807, 2.05) is 0 Å². The van der Waals surface area contributed by atoms with Crippen molar-refractivity contribution >= 4 is 15.7 Å². The van der Waals surface area contributed by atoms with E-state index in [-0.39, 0.29) is 4.90 Å². The van der Waals surface area contributed by atoms with Crippen LogP contribution in [0.15, 0.2) is 29.2 Å². The molecule has 20 heavy (non-hydrogen) atoms. The number of anilines is 1. The van der Waals surface area contributed by atoms with Gasteiger partial charge in [0, 0.05) is 12.2 Å². The lowest BCUT2D eigenvalue weighted by Gasteiger charge is -2.28. The monoisotopic (exact) mass is 297 g/mol. The fraction of sp³-hybridized carbons (Fsp3) is 0.571. The van der Waals surface area contributed by atoms with Crippen LogP contribution >= 0.6 is 0 Å². The first kappa shape index (κ1) is 15.3. The molecule has 0 spiro atoms. The van der Waals surface area contributed by atoms with Crippen LogP contribution in [0, 0.1) is 5.92 Å². The van der Waals surface area contributed by atoms with Gasteiger partial charge in [0.2, 0.25) is 10.0 Å². The van der Waals surface area contributed by atoms with Crippen LogP contribution in [0.5, 0.6) is 0 Å². The van der Waals surface area contributed by atoms with Crippen molar-refractivity contribution in [3.63, 3.8) is 0 Å². The maximum absolute atomic E-state index is 12.1. The average Bonchev–Trinajstić information content (AvgIpc) is 2.41. The number of piperidine rings is 1. The highest BCUT2D eigenvalue weighted by Crippen LogP contribution is 2.19. The van der Waals surface area contributed by atoms with Crippen molar-refractivity contribution in [1.82, 2.24) is 9.62 Å². The SMILES string of the molecule is CN1CCC(CCNS(=O)(=O)c2cccc(N)c2)CC1. The number of nitrogen functional groups attached to an aromatic ring is 1. The quantitative estimate of drug-likeness (QED) is 0.803. The first-order valence-corrected chi connectivity index (χ1v) is 8.49. The summed E-state index contributed by atoms with van der Waals surface area (Å²) in [5, 5.41) is 0. The molecule has 0 aliphatic carbocycles. The molecule has 1 aromatic rings. The van der Waals surface area contributed by atoms with Crippen molar-refractivity contribution in [2.45, 2.75) is 24.2 Å². The van der Waals surface area contributed by atoms with Crippen LogP contribution in [-0.2, 0) is 10.0 Å². The summed E-state index contributed by atoms with van der Waals surface area (Å²) >= 11 is 0. The maximum atomic E-state index is 12.1. The van der Waals surface area contributed by atoms with Gasteiger partial charge in [0.1, 0.15) is 0 Å². The first-order valence-electron chi connectivity index (χ1n) is 7.01. The summed E-state index contributed by atoms with van der Waals surface area (Å²) in [5.74, 6) is 0.620. The summed E-state index contributed by atoms with van der Waals surface area (Å²) in [6, 6.07) is 6.38. The normalized spacial score (nSPS) is 18.2. The van der Waals surface area contributed by atoms with Crippen LogP contribution in [0.1, 0.15) is 19.3 Å². The minimum absolute atomic E-state index is 0.237. The number of sulfonamides is 1. The Balaban J connectivity index is 1.84. The molecule has 0 radical (unpaired) electrons. The summed E-state index contributed by atoms with van der Waals surface area (Å²) in [4.78, 5) is 2.55. The lowest BCUT2D eigenvalue weighted by molar-refractivity contribution is 0.213. The lowest BCUT2D eigenvalue weighted by Crippen LogP contribution is -2.32. The molecule has 3 N–H and O–H groups in total. The van der Waals surface area contributed by atoms with Gasteiger partial charge in [0.25, 0.3) is 0 Å². The van der Waals surface area contributed by atoms with Crippen molar-refractivity contribution < 1.29 is 8.42 Å². The number of likely N-dealkylation sites (tertiary alicyclic amines) is 1. The van der Waals surface area contributed by atoms with Gasteiger partial charge in [-0.3, -0.25) is 0 Å². The second-order valence-corrected chi connectivity index (χ2v) is 7.27. The molecule has 1 aliphatic heterocycles. The molecule has 1 heterocycles. The second kappa shape index (κ2) is 6.56. The fourth-order valence-corrected chi connectivity index (χ4v) is 3.62. The Bertz CT molecular complexity index is 537. The van der Waals surface area contributed by atoms with Gasteiger partial charge in [0.05, 0.1) is 4.90 Å². The minimum atomic E-state index is -3.43. The molecule has 5 nitrogen and oxygen atoms in total. The summed E-state index contributed by atoms with van der Waals surface area (Å²) < 4.78 is 26.9. The van der Waals surface area contributed by atoms with Crippen molar-refractivity contribution in [2.24, 2.45) is 5.92 Å². The Kier molecular flexibility index (Phi) is 5.01. The van der Waals surface area contributed by atoms with E-state index in [0.29, 0.717) is 18.2 Å². The number of hydrogen-bond acceptors (Lipinski definition) is 4. The second-order valence-electron chi connectivity index (χ2n) is 5.51. The number of nitrogens with two attached hydrogens (primary N) is 1. The van der Waals surface area contributed by atoms with E-state index in [1.165, 1.54) is 6.07 Å². The molecule has 1 saturated heterocycles. The third-order valence-corrected chi connectivity index (χ3v) is 5.31. The molecule has 0 saturated carbocycles. The third-order valence-electron chi connectivity index (χ3n) is 3.85. The molecule has 1 fully saturated rings. The molecule has 0 atom stereocenters. The number of nitrogens with one attached hydrogen (secondary N) is 1. The predicted molar refractivity (Wildman–Crippen MR) is 80.9 cm³/mol. The Morgan fingerprint density at radius 3 is 2.70 bits per heavy atom. The van der Waals surface area contributed by atoms with Gasteiger partial charge in [-0.15, -0.1) is 0 Å². The van der Waals surface area contributed by atoms with Gasteiger partial charge in [-0.25, -0.2) is 13.1 Å². The largest absolute Gasteiger partial charge is 0.399 e. The van der Waals surface area contributed by atoms with E-state index in [9.17, 15) is 8.42 Å². The van der Waals surface area contributed by atoms with Gasteiger partial charge >= 0.3 is 0 Å². The maximum Gasteiger partial charge on any atom is 0.240 e. The van der Waals surface area contributed by atoms with Crippen LogP contribution in [0.25, 0.3) is 0 Å². The predicted octanol–water partition coefficient (Wildman–Crippen LogP) is 1.28. The molecule has 2 rings (SSSR count). The van der Waals surface area contributed by atoms with Crippen molar-refractivity contribution in [1.29, 1.82) is 0 Å². The zero-order chi connectivity index (χ0) is 14.6. The van der Waals surface area contributed by atoms with E-state index < -0.39 is 10.0 Å². The summed E-state index contributed by atoms with van der Waals surface area (Å²) in [7, 11) is -1.31. The molecule has 1 aromatic carbocycles. The minimum Gasteiger partial charge on any atom is -0.399 e. The molecule has 1 aliphatic rings. The van der Waals surface area contributed by atoms with Gasteiger partial charge in [-0.05, 0) is 63.5 Å². The molecule has 0 unspecified atom stereocenters. The van der Waals surface area contributed by atoms with Crippen molar-refractivity contribution in [2.75, 3.05) is 32.4 Å². The zero-order valence-electron chi connectivity index (χ0n) is 11.9. The van der Waals surface area contributed by atoms with Gasteiger partial charge in [-0.2, -0.15) is 0 Å². The van der Waals surface area contributed by atoms with Crippen molar-refractivity contribution in [3.05, 3.63) is 24.3 Å². The summed E-state index contributed by atoms with van der Waals surface area (Å²) in [6.45, 7) is 2.70. The number of hydrogen-bond donors (Lipinski definition) is 2. The third kappa shape index (κ3) is 4.19. The Morgan fingerprint density at radius 2 is 2.05 bits per heavy atom. The first-order chi connectivity index (χ1) is 9.47. The van der Waals surface area contributed by atoms with E-state index in [2.05, 4.69) is 16.7 Å². The molecule has 6 heteroatoms. The van der Waals surface area contributed by atoms with Gasteiger partial charge in [0.15, 0.2) is 0 Å². The molecule has 0 bridgehead atoms. The molecular formula is C14H23N3O2S. The number of rotatable bonds is 5. The molecule has 0 aromatic heterocycles. The van der Waals surface area contributed by atoms with Gasteiger partial charge < -0.3 is 10.6 Å². The fourth-order valence-electron chi connectivity index (χ4n) is 2.51. The highest BCUT2D eigenvalue weighted by molar-refractivity contribution is 7.89. The standard InChI is InChI=1S/C14H23N3O2S/c1-17-9-6-12(7-10-17)5-8-16-20(18,19)14-4-2-3-13(15)11-14/h2-4,11-12,16H,5-10,15H2,1H3. The van der Waals surface area contributed by atoms with Crippen LogP contribution in [0.4, 0.5) is 5.69 Å². The zero-order valence-corrected chi connectivity index (χ0v) is 12.7. The molecular weight excluding hydrogens is 274 g/mol. The average molecular weight is 297 g/mol. The Hall–Kier alpha value is -1.11. The highest BCUT2D eigenvalue weighted by atomic mass is 32.2.